The lowest BCUT2D eigenvalue weighted by Gasteiger charge is -2.10. The Morgan fingerprint density at radius 2 is 1.95 bits per heavy atom. The normalized spacial score (nSPS) is 10.3. The molecule has 1 N–H and O–H groups in total. The molecule has 21 heavy (non-hydrogen) atoms. The highest BCUT2D eigenvalue weighted by Gasteiger charge is 2.10. The minimum absolute atomic E-state index is 0.468. The SMILES string of the molecule is COc1cc2ncnc(Nc3ccccc3)c2cc1C=O. The number of fused-ring (bicyclic) bond motifs is 1. The second-order valence-electron chi connectivity index (χ2n) is 4.44. The zero-order chi connectivity index (χ0) is 14.7. The van der Waals surface area contributed by atoms with Gasteiger partial charge in [0.2, 0.25) is 0 Å². The second kappa shape index (κ2) is 5.58. The molecule has 5 nitrogen and oxygen atoms in total. The summed E-state index contributed by atoms with van der Waals surface area (Å²) in [5.41, 5.74) is 2.10. The van der Waals surface area contributed by atoms with Crippen molar-refractivity contribution in [2.45, 2.75) is 0 Å². The molecule has 0 aliphatic carbocycles. The summed E-state index contributed by atoms with van der Waals surface area (Å²) in [5.74, 6) is 1.15. The van der Waals surface area contributed by atoms with Crippen molar-refractivity contribution in [1.82, 2.24) is 9.97 Å². The van der Waals surface area contributed by atoms with Gasteiger partial charge in [-0.2, -0.15) is 0 Å². The van der Waals surface area contributed by atoms with Crippen LogP contribution in [0.15, 0.2) is 48.8 Å². The van der Waals surface area contributed by atoms with Crippen molar-refractivity contribution in [3.8, 4) is 5.75 Å². The van der Waals surface area contributed by atoms with E-state index in [0.29, 0.717) is 22.6 Å². The van der Waals surface area contributed by atoms with Crippen molar-refractivity contribution in [3.05, 3.63) is 54.4 Å². The van der Waals surface area contributed by atoms with E-state index in [1.807, 2.05) is 30.3 Å². The van der Waals surface area contributed by atoms with Gasteiger partial charge in [-0.05, 0) is 18.2 Å². The molecule has 0 aliphatic rings. The third-order valence-corrected chi connectivity index (χ3v) is 3.15. The van der Waals surface area contributed by atoms with Crippen LogP contribution >= 0.6 is 0 Å². The fourth-order valence-corrected chi connectivity index (χ4v) is 2.13. The van der Waals surface area contributed by atoms with Crippen LogP contribution in [0, 0.1) is 0 Å². The van der Waals surface area contributed by atoms with Crippen LogP contribution in [0.4, 0.5) is 11.5 Å². The summed E-state index contributed by atoms with van der Waals surface area (Å²) in [4.78, 5) is 19.6. The first-order valence-electron chi connectivity index (χ1n) is 6.42. The average molecular weight is 279 g/mol. The highest BCUT2D eigenvalue weighted by atomic mass is 16.5. The summed E-state index contributed by atoms with van der Waals surface area (Å²) >= 11 is 0. The lowest BCUT2D eigenvalue weighted by atomic mass is 10.1. The Bertz CT molecular complexity index is 788. The maximum Gasteiger partial charge on any atom is 0.153 e. The maximum atomic E-state index is 11.2. The number of anilines is 2. The number of rotatable bonds is 4. The van der Waals surface area contributed by atoms with E-state index < -0.39 is 0 Å². The predicted octanol–water partition coefficient (Wildman–Crippen LogP) is 3.19. The summed E-state index contributed by atoms with van der Waals surface area (Å²) in [6.07, 6.45) is 2.24. The standard InChI is InChI=1S/C16H13N3O2/c1-21-15-8-14-13(7-11(15)9-20)16(18-10-17-14)19-12-5-3-2-4-6-12/h2-10H,1H3,(H,17,18,19). The number of hydrogen-bond acceptors (Lipinski definition) is 5. The van der Waals surface area contributed by atoms with Gasteiger partial charge in [0, 0.05) is 17.1 Å². The van der Waals surface area contributed by atoms with Gasteiger partial charge in [-0.3, -0.25) is 4.79 Å². The van der Waals surface area contributed by atoms with Crippen molar-refractivity contribution in [3.63, 3.8) is 0 Å². The fourth-order valence-electron chi connectivity index (χ4n) is 2.13. The quantitative estimate of drug-likeness (QED) is 0.743. The molecule has 3 aromatic rings. The summed E-state index contributed by atoms with van der Waals surface area (Å²) in [6, 6.07) is 13.2. The van der Waals surface area contributed by atoms with Crippen LogP contribution in [0.2, 0.25) is 0 Å². The molecule has 5 heteroatoms. The number of carbonyl (C=O) groups is 1. The molecule has 3 rings (SSSR count). The molecule has 1 heterocycles. The predicted molar refractivity (Wildman–Crippen MR) is 81.2 cm³/mol. The number of para-hydroxylation sites is 1. The average Bonchev–Trinajstić information content (AvgIpc) is 2.55. The molecule has 1 aromatic heterocycles. The van der Waals surface area contributed by atoms with Gasteiger partial charge in [-0.1, -0.05) is 18.2 Å². The number of methoxy groups -OCH3 is 1. The van der Waals surface area contributed by atoms with Gasteiger partial charge in [-0.25, -0.2) is 9.97 Å². The summed E-state index contributed by atoms with van der Waals surface area (Å²) in [5, 5.41) is 4.00. The molecule has 0 saturated heterocycles. The van der Waals surface area contributed by atoms with Crippen LogP contribution in [0.1, 0.15) is 10.4 Å². The molecular formula is C16H13N3O2. The van der Waals surface area contributed by atoms with Crippen molar-refractivity contribution in [2.24, 2.45) is 0 Å². The Balaban J connectivity index is 2.13. The summed E-state index contributed by atoms with van der Waals surface area (Å²) in [6.45, 7) is 0. The van der Waals surface area contributed by atoms with E-state index >= 15 is 0 Å². The number of aromatic nitrogens is 2. The molecule has 2 aromatic carbocycles. The monoisotopic (exact) mass is 279 g/mol. The summed E-state index contributed by atoms with van der Waals surface area (Å²) < 4.78 is 5.19. The zero-order valence-electron chi connectivity index (χ0n) is 11.4. The van der Waals surface area contributed by atoms with E-state index in [1.165, 1.54) is 13.4 Å². The molecule has 0 atom stereocenters. The number of carbonyl (C=O) groups excluding carboxylic acids is 1. The minimum Gasteiger partial charge on any atom is -0.496 e. The molecule has 0 unspecified atom stereocenters. The largest absolute Gasteiger partial charge is 0.496 e. The van der Waals surface area contributed by atoms with Crippen LogP contribution in [0.3, 0.4) is 0 Å². The molecule has 0 aliphatic heterocycles. The first-order valence-corrected chi connectivity index (χ1v) is 6.42. The Hall–Kier alpha value is -2.95. The van der Waals surface area contributed by atoms with Crippen LogP contribution in [0.5, 0.6) is 5.75 Å². The van der Waals surface area contributed by atoms with Gasteiger partial charge >= 0.3 is 0 Å². The Labute approximate surface area is 121 Å². The third kappa shape index (κ3) is 2.53. The minimum atomic E-state index is 0.468. The number of benzene rings is 2. The molecule has 0 amide bonds. The molecule has 0 radical (unpaired) electrons. The van der Waals surface area contributed by atoms with E-state index in [4.69, 9.17) is 4.74 Å². The van der Waals surface area contributed by atoms with E-state index in [9.17, 15) is 4.79 Å². The molecule has 0 bridgehead atoms. The number of aldehydes is 1. The highest BCUT2D eigenvalue weighted by molar-refractivity contribution is 5.96. The van der Waals surface area contributed by atoms with E-state index in [0.717, 1.165) is 17.4 Å². The fraction of sp³-hybridized carbons (Fsp3) is 0.0625. The Morgan fingerprint density at radius 3 is 2.67 bits per heavy atom. The van der Waals surface area contributed by atoms with Crippen LogP contribution in [0.25, 0.3) is 10.9 Å². The first kappa shape index (κ1) is 13.1. The van der Waals surface area contributed by atoms with Gasteiger partial charge in [-0.15, -0.1) is 0 Å². The number of nitrogens with zero attached hydrogens (tertiary/aromatic N) is 2. The second-order valence-corrected chi connectivity index (χ2v) is 4.44. The summed E-state index contributed by atoms with van der Waals surface area (Å²) in [7, 11) is 1.53. The molecule has 0 fully saturated rings. The van der Waals surface area contributed by atoms with Crippen molar-refractivity contribution in [2.75, 3.05) is 12.4 Å². The van der Waals surface area contributed by atoms with E-state index in [1.54, 1.807) is 12.1 Å². The van der Waals surface area contributed by atoms with E-state index in [-0.39, 0.29) is 0 Å². The van der Waals surface area contributed by atoms with Crippen molar-refractivity contribution in [1.29, 1.82) is 0 Å². The van der Waals surface area contributed by atoms with Gasteiger partial charge in [0.25, 0.3) is 0 Å². The zero-order valence-corrected chi connectivity index (χ0v) is 11.4. The van der Waals surface area contributed by atoms with Gasteiger partial charge in [0.05, 0.1) is 18.2 Å². The molecular weight excluding hydrogens is 266 g/mol. The molecule has 0 spiro atoms. The van der Waals surface area contributed by atoms with Crippen LogP contribution in [-0.2, 0) is 0 Å². The lowest BCUT2D eigenvalue weighted by molar-refractivity contribution is 0.112. The molecule has 0 saturated carbocycles. The van der Waals surface area contributed by atoms with Crippen molar-refractivity contribution < 1.29 is 9.53 Å². The van der Waals surface area contributed by atoms with Crippen molar-refractivity contribution >= 4 is 28.7 Å². The Morgan fingerprint density at radius 1 is 1.14 bits per heavy atom. The van der Waals surface area contributed by atoms with Crippen LogP contribution < -0.4 is 10.1 Å². The topological polar surface area (TPSA) is 64.1 Å². The lowest BCUT2D eigenvalue weighted by Crippen LogP contribution is -1.98. The molecule has 104 valence electrons. The number of ether oxygens (including phenoxy) is 1. The maximum absolute atomic E-state index is 11.2. The highest BCUT2D eigenvalue weighted by Crippen LogP contribution is 2.28. The number of hydrogen-bond donors (Lipinski definition) is 1. The Kier molecular flexibility index (Phi) is 3.47. The smallest absolute Gasteiger partial charge is 0.153 e. The third-order valence-electron chi connectivity index (χ3n) is 3.15. The van der Waals surface area contributed by atoms with Gasteiger partial charge in [0.1, 0.15) is 17.9 Å². The number of nitrogens with one attached hydrogen (secondary N) is 1. The van der Waals surface area contributed by atoms with E-state index in [2.05, 4.69) is 15.3 Å². The van der Waals surface area contributed by atoms with Crippen LogP contribution in [-0.4, -0.2) is 23.4 Å². The van der Waals surface area contributed by atoms with Gasteiger partial charge in [0.15, 0.2) is 6.29 Å². The first-order chi connectivity index (χ1) is 10.3. The van der Waals surface area contributed by atoms with Gasteiger partial charge < -0.3 is 10.1 Å².